The Morgan fingerprint density at radius 1 is 0.972 bits per heavy atom. The van der Waals surface area contributed by atoms with Gasteiger partial charge in [0.15, 0.2) is 0 Å². The summed E-state index contributed by atoms with van der Waals surface area (Å²) in [4.78, 5) is 39.8. The lowest BCUT2D eigenvalue weighted by Crippen LogP contribution is -2.51. The highest BCUT2D eigenvalue weighted by Gasteiger charge is 2.31. The molecule has 1 unspecified atom stereocenters. The van der Waals surface area contributed by atoms with Gasteiger partial charge in [0.2, 0.25) is 11.8 Å². The normalized spacial score (nSPS) is 11.7. The summed E-state index contributed by atoms with van der Waals surface area (Å²) in [6.45, 7) is 4.68. The van der Waals surface area contributed by atoms with E-state index >= 15 is 0 Å². The molecule has 3 rings (SSSR count). The van der Waals surface area contributed by atoms with Crippen LogP contribution in [0.3, 0.4) is 0 Å². The molecule has 0 aliphatic carbocycles. The van der Waals surface area contributed by atoms with Crippen LogP contribution in [0.25, 0.3) is 0 Å². The van der Waals surface area contributed by atoms with Gasteiger partial charge in [-0.3, -0.25) is 19.7 Å². The van der Waals surface area contributed by atoms with Crippen LogP contribution in [0.1, 0.15) is 30.5 Å². The van der Waals surface area contributed by atoms with Crippen molar-refractivity contribution in [1.82, 2.24) is 10.2 Å². The molecule has 188 valence electrons. The number of hydrogen-bond acceptors (Lipinski definition) is 4. The highest BCUT2D eigenvalue weighted by Crippen LogP contribution is 2.22. The first-order chi connectivity index (χ1) is 17.2. The van der Waals surface area contributed by atoms with E-state index < -0.39 is 11.0 Å². The lowest BCUT2D eigenvalue weighted by molar-refractivity contribution is -0.385. The Kier molecular flexibility index (Phi) is 9.76. The number of para-hydroxylation sites is 1. The van der Waals surface area contributed by atoms with Gasteiger partial charge in [-0.15, -0.1) is 0 Å². The third-order valence-corrected chi connectivity index (χ3v) is 6.22. The zero-order valence-corrected chi connectivity index (χ0v) is 22.0. The minimum Gasteiger partial charge on any atom is -0.354 e. The first-order valence-corrected chi connectivity index (χ1v) is 12.6. The average molecular weight is 552 g/mol. The van der Waals surface area contributed by atoms with Gasteiger partial charge in [0.25, 0.3) is 5.69 Å². The van der Waals surface area contributed by atoms with Gasteiger partial charge in [-0.1, -0.05) is 90.4 Å². The van der Waals surface area contributed by atoms with Crippen molar-refractivity contribution in [2.45, 2.75) is 39.3 Å². The van der Waals surface area contributed by atoms with Crippen molar-refractivity contribution in [2.75, 3.05) is 6.54 Å². The third-order valence-electron chi connectivity index (χ3n) is 5.73. The SMILES string of the molecule is CC(C)CNC(=O)C(Cc1ccccc1)N(Cc1cccc(Br)c1)C(=O)Cc1ccccc1[N+](=O)[O-]. The summed E-state index contributed by atoms with van der Waals surface area (Å²) in [5, 5.41) is 14.5. The van der Waals surface area contributed by atoms with E-state index in [-0.39, 0.29) is 36.4 Å². The molecule has 0 radical (unpaired) electrons. The molecule has 0 saturated carbocycles. The number of nitrogens with one attached hydrogen (secondary N) is 1. The topological polar surface area (TPSA) is 92.6 Å². The van der Waals surface area contributed by atoms with Crippen LogP contribution in [0.4, 0.5) is 5.69 Å². The first-order valence-electron chi connectivity index (χ1n) is 11.8. The Morgan fingerprint density at radius 2 is 1.64 bits per heavy atom. The van der Waals surface area contributed by atoms with Crippen molar-refractivity contribution in [2.24, 2.45) is 5.92 Å². The molecule has 8 heteroatoms. The van der Waals surface area contributed by atoms with Crippen molar-refractivity contribution in [3.05, 3.63) is 110 Å². The third kappa shape index (κ3) is 7.75. The number of nitro benzene ring substituents is 1. The minimum atomic E-state index is -0.791. The molecular formula is C28H30BrN3O4. The van der Waals surface area contributed by atoms with E-state index in [1.807, 2.05) is 68.4 Å². The lowest BCUT2D eigenvalue weighted by atomic mass is 10.0. The van der Waals surface area contributed by atoms with Gasteiger partial charge in [-0.2, -0.15) is 0 Å². The maximum Gasteiger partial charge on any atom is 0.273 e. The van der Waals surface area contributed by atoms with Crippen LogP contribution in [0.2, 0.25) is 0 Å². The quantitative estimate of drug-likeness (QED) is 0.258. The summed E-state index contributed by atoms with van der Waals surface area (Å²) in [6, 6.07) is 22.5. The maximum atomic E-state index is 13.8. The van der Waals surface area contributed by atoms with Gasteiger partial charge in [-0.25, -0.2) is 0 Å². The summed E-state index contributed by atoms with van der Waals surface area (Å²) < 4.78 is 0.856. The Morgan fingerprint density at radius 3 is 2.31 bits per heavy atom. The molecule has 3 aromatic rings. The van der Waals surface area contributed by atoms with Crippen molar-refractivity contribution in [3.63, 3.8) is 0 Å². The number of amides is 2. The van der Waals surface area contributed by atoms with Gasteiger partial charge in [0.1, 0.15) is 6.04 Å². The fraction of sp³-hybridized carbons (Fsp3) is 0.286. The fourth-order valence-electron chi connectivity index (χ4n) is 3.91. The zero-order valence-electron chi connectivity index (χ0n) is 20.4. The van der Waals surface area contributed by atoms with Crippen molar-refractivity contribution < 1.29 is 14.5 Å². The van der Waals surface area contributed by atoms with E-state index in [2.05, 4.69) is 21.2 Å². The molecule has 2 amide bonds. The number of rotatable bonds is 11. The highest BCUT2D eigenvalue weighted by atomic mass is 79.9. The van der Waals surface area contributed by atoms with Gasteiger partial charge in [-0.05, 0) is 29.2 Å². The summed E-state index contributed by atoms with van der Waals surface area (Å²) in [5.74, 6) is -0.365. The number of carbonyl (C=O) groups is 2. The monoisotopic (exact) mass is 551 g/mol. The van der Waals surface area contributed by atoms with Crippen LogP contribution in [-0.4, -0.2) is 34.2 Å². The van der Waals surface area contributed by atoms with E-state index in [0.29, 0.717) is 18.5 Å². The molecule has 0 heterocycles. The molecule has 36 heavy (non-hydrogen) atoms. The molecule has 1 N–H and O–H groups in total. The van der Waals surface area contributed by atoms with E-state index in [1.54, 1.807) is 23.1 Å². The second-order valence-corrected chi connectivity index (χ2v) is 9.97. The Balaban J connectivity index is 2.00. The molecule has 0 aliphatic heterocycles. The van der Waals surface area contributed by atoms with Crippen LogP contribution >= 0.6 is 15.9 Å². The van der Waals surface area contributed by atoms with Crippen LogP contribution in [0, 0.1) is 16.0 Å². The summed E-state index contributed by atoms with van der Waals surface area (Å²) in [5.41, 5.74) is 1.96. The number of halogens is 1. The van der Waals surface area contributed by atoms with Crippen LogP contribution in [-0.2, 0) is 29.0 Å². The van der Waals surface area contributed by atoms with Crippen LogP contribution in [0.15, 0.2) is 83.3 Å². The summed E-state index contributed by atoms with van der Waals surface area (Å²) in [6.07, 6.45) is 0.134. The Hall–Kier alpha value is -3.52. The molecule has 0 aromatic heterocycles. The molecule has 0 spiro atoms. The zero-order chi connectivity index (χ0) is 26.1. The van der Waals surface area contributed by atoms with Crippen molar-refractivity contribution >= 4 is 33.4 Å². The minimum absolute atomic E-state index is 0.114. The first kappa shape index (κ1) is 27.1. The maximum absolute atomic E-state index is 13.8. The predicted molar refractivity (Wildman–Crippen MR) is 143 cm³/mol. The highest BCUT2D eigenvalue weighted by molar-refractivity contribution is 9.10. The molecule has 1 atom stereocenters. The number of nitro groups is 1. The van der Waals surface area contributed by atoms with Gasteiger partial charge in [0.05, 0.1) is 11.3 Å². The lowest BCUT2D eigenvalue weighted by Gasteiger charge is -2.32. The fourth-order valence-corrected chi connectivity index (χ4v) is 4.36. The number of carbonyl (C=O) groups excluding carboxylic acids is 2. The van der Waals surface area contributed by atoms with E-state index in [0.717, 1.165) is 15.6 Å². The van der Waals surface area contributed by atoms with Gasteiger partial charge < -0.3 is 10.2 Å². The Bertz CT molecular complexity index is 1200. The number of hydrogen-bond donors (Lipinski definition) is 1. The smallest absolute Gasteiger partial charge is 0.273 e. The predicted octanol–water partition coefficient (Wildman–Crippen LogP) is 5.31. The molecular weight excluding hydrogens is 522 g/mol. The number of nitrogens with zero attached hydrogens (tertiary/aromatic N) is 2. The van der Waals surface area contributed by atoms with Crippen LogP contribution < -0.4 is 5.32 Å². The second kappa shape index (κ2) is 13.0. The summed E-state index contributed by atoms with van der Waals surface area (Å²) in [7, 11) is 0. The Labute approximate surface area is 219 Å². The van der Waals surface area contributed by atoms with E-state index in [1.165, 1.54) is 6.07 Å². The average Bonchev–Trinajstić information content (AvgIpc) is 2.85. The molecule has 0 saturated heterocycles. The van der Waals surface area contributed by atoms with Gasteiger partial charge in [0, 0.05) is 35.6 Å². The molecule has 7 nitrogen and oxygen atoms in total. The standard InChI is InChI=1S/C28H30BrN3O4/c1-20(2)18-30-28(34)26(16-21-9-4-3-5-10-21)31(19-22-11-8-13-24(29)15-22)27(33)17-23-12-6-7-14-25(23)32(35)36/h3-15,20,26H,16-19H2,1-2H3,(H,30,34). The van der Waals surface area contributed by atoms with Crippen molar-refractivity contribution in [3.8, 4) is 0 Å². The molecule has 0 aliphatic rings. The van der Waals surface area contributed by atoms with Crippen molar-refractivity contribution in [1.29, 1.82) is 0 Å². The second-order valence-electron chi connectivity index (χ2n) is 9.06. The van der Waals surface area contributed by atoms with Crippen LogP contribution in [0.5, 0.6) is 0 Å². The summed E-state index contributed by atoms with van der Waals surface area (Å²) >= 11 is 3.47. The molecule has 0 fully saturated rings. The van der Waals surface area contributed by atoms with E-state index in [4.69, 9.17) is 0 Å². The van der Waals surface area contributed by atoms with Gasteiger partial charge >= 0.3 is 0 Å². The largest absolute Gasteiger partial charge is 0.354 e. The molecule has 3 aromatic carbocycles. The molecule has 0 bridgehead atoms. The number of benzene rings is 3. The van der Waals surface area contributed by atoms with E-state index in [9.17, 15) is 19.7 Å².